The number of likely N-dealkylation sites (tertiary alicyclic amines) is 2. The van der Waals surface area contributed by atoms with Crippen molar-refractivity contribution in [1.82, 2.24) is 24.4 Å². The fourth-order valence-corrected chi connectivity index (χ4v) is 8.78. The molecule has 2 bridgehead atoms. The third-order valence-electron chi connectivity index (χ3n) is 9.23. The normalized spacial score (nSPS) is 22.5. The number of H-pyrrole nitrogens is 1. The van der Waals surface area contributed by atoms with Crippen molar-refractivity contribution in [2.75, 3.05) is 32.8 Å². The lowest BCUT2D eigenvalue weighted by molar-refractivity contribution is -0.146. The average Bonchev–Trinajstić information content (AvgIpc) is 3.76. The summed E-state index contributed by atoms with van der Waals surface area (Å²) in [6.07, 6.45) is -4.41. The van der Waals surface area contributed by atoms with Crippen LogP contribution in [0.3, 0.4) is 0 Å². The lowest BCUT2D eigenvalue weighted by Gasteiger charge is -2.41. The summed E-state index contributed by atoms with van der Waals surface area (Å²) >= 11 is 6.07. The molecule has 0 saturated carbocycles. The molecule has 49 heavy (non-hydrogen) atoms. The van der Waals surface area contributed by atoms with E-state index in [0.717, 1.165) is 10.4 Å². The van der Waals surface area contributed by atoms with Crippen LogP contribution in [0.25, 0.3) is 10.9 Å². The molecule has 0 unspecified atom stereocenters. The van der Waals surface area contributed by atoms with Gasteiger partial charge in [0.05, 0.1) is 35.9 Å². The molecule has 4 heterocycles. The van der Waals surface area contributed by atoms with Gasteiger partial charge in [0.2, 0.25) is 21.8 Å². The molecule has 3 aliphatic rings. The van der Waals surface area contributed by atoms with Gasteiger partial charge in [-0.2, -0.15) is 17.5 Å². The number of amides is 3. The van der Waals surface area contributed by atoms with Crippen molar-refractivity contribution in [2.24, 2.45) is 5.41 Å². The number of alkyl halides is 3. The number of ether oxygens (including phenoxy) is 1. The van der Waals surface area contributed by atoms with E-state index in [1.165, 1.54) is 29.2 Å². The van der Waals surface area contributed by atoms with Gasteiger partial charge in [-0.1, -0.05) is 32.4 Å². The first kappa shape index (κ1) is 35.1. The largest absolute Gasteiger partial charge is 0.416 e. The Morgan fingerprint density at radius 1 is 1.02 bits per heavy atom. The predicted octanol–water partition coefficient (Wildman–Crippen LogP) is 4.03. The van der Waals surface area contributed by atoms with E-state index in [0.29, 0.717) is 29.5 Å². The Balaban J connectivity index is 1.17. The van der Waals surface area contributed by atoms with E-state index in [2.05, 4.69) is 10.3 Å². The van der Waals surface area contributed by atoms with Crippen LogP contribution in [0.4, 0.5) is 17.6 Å². The van der Waals surface area contributed by atoms with Crippen molar-refractivity contribution in [3.8, 4) is 0 Å². The molecule has 4 atom stereocenters. The van der Waals surface area contributed by atoms with Crippen molar-refractivity contribution in [1.29, 1.82) is 0 Å². The number of piperazine rings is 1. The highest BCUT2D eigenvalue weighted by Gasteiger charge is 2.52. The molecule has 264 valence electrons. The van der Waals surface area contributed by atoms with Gasteiger partial charge in [0.25, 0.3) is 5.91 Å². The molecule has 3 saturated heterocycles. The first-order valence-electron chi connectivity index (χ1n) is 15.5. The first-order valence-corrected chi connectivity index (χ1v) is 17.3. The molecular formula is C32H34ClF4N5O6S. The molecule has 1 aromatic heterocycles. The Kier molecular flexibility index (Phi) is 8.99. The Morgan fingerprint density at radius 3 is 2.37 bits per heavy atom. The maximum absolute atomic E-state index is 14.0. The number of hydrogen-bond donors (Lipinski definition) is 2. The van der Waals surface area contributed by atoms with Gasteiger partial charge in [-0.05, 0) is 54.3 Å². The van der Waals surface area contributed by atoms with Crippen LogP contribution >= 0.6 is 11.6 Å². The van der Waals surface area contributed by atoms with Gasteiger partial charge in [-0.25, -0.2) is 12.8 Å². The minimum atomic E-state index is -4.82. The van der Waals surface area contributed by atoms with Crippen molar-refractivity contribution in [2.45, 2.75) is 62.4 Å². The first-order chi connectivity index (χ1) is 22.9. The standard InChI is InChI=1S/C32H34ClF4N5O6S/c1-31(2,3)27(39-28(43)24-11-17-10-19(34)5-7-23(17)38-24)30(45)41-15-20-13-21(41)14-40(20)29(44)25-16-48-9-8-42(25)49(46,47)26-12-18(32(35,36)37)4-6-22(26)33/h4-7,10-12,20-21,25,27,38H,8-9,13-16H2,1-3H3,(H,39,43)/t20-,21-,25+,27+/m0/s1. The minimum absolute atomic E-state index is 0.0801. The number of morpholine rings is 1. The molecule has 3 amide bonds. The third-order valence-corrected chi connectivity index (χ3v) is 11.6. The van der Waals surface area contributed by atoms with Crippen LogP contribution < -0.4 is 5.32 Å². The molecule has 3 aromatic rings. The Bertz CT molecular complexity index is 1930. The number of nitrogens with zero attached hydrogens (tertiary/aromatic N) is 3. The Morgan fingerprint density at radius 2 is 1.71 bits per heavy atom. The van der Waals surface area contributed by atoms with E-state index in [1.807, 2.05) is 0 Å². The van der Waals surface area contributed by atoms with E-state index in [9.17, 15) is 40.4 Å². The van der Waals surface area contributed by atoms with Gasteiger partial charge in [0.15, 0.2) is 0 Å². The van der Waals surface area contributed by atoms with Crippen LogP contribution in [-0.2, 0) is 30.5 Å². The van der Waals surface area contributed by atoms with E-state index >= 15 is 0 Å². The Hall–Kier alpha value is -3.73. The second-order valence-electron chi connectivity index (χ2n) is 13.6. The average molecular weight is 728 g/mol. The SMILES string of the molecule is CC(C)(C)[C@H](NC(=O)c1cc2cc(F)ccc2[nH]1)C(=O)N1C[C@@H]2C[C@H]1CN2C(=O)[C@H]1COCCN1S(=O)(=O)c1cc(C(F)(F)F)ccc1Cl. The fourth-order valence-electron chi connectivity index (χ4n) is 6.72. The molecule has 17 heteroatoms. The second kappa shape index (κ2) is 12.5. The topological polar surface area (TPSA) is 132 Å². The van der Waals surface area contributed by atoms with Crippen LogP contribution in [0, 0.1) is 11.2 Å². The lowest BCUT2D eigenvalue weighted by atomic mass is 9.85. The van der Waals surface area contributed by atoms with Crippen LogP contribution in [0.5, 0.6) is 0 Å². The van der Waals surface area contributed by atoms with E-state index in [4.69, 9.17) is 16.3 Å². The summed E-state index contributed by atoms with van der Waals surface area (Å²) in [6, 6.07) is 4.34. The van der Waals surface area contributed by atoms with Gasteiger partial charge in [0.1, 0.15) is 28.5 Å². The fraction of sp³-hybridized carbons (Fsp3) is 0.469. The molecule has 0 radical (unpaired) electrons. The molecular weight excluding hydrogens is 694 g/mol. The molecule has 0 aliphatic carbocycles. The van der Waals surface area contributed by atoms with Gasteiger partial charge in [-0.15, -0.1) is 0 Å². The second-order valence-corrected chi connectivity index (χ2v) is 15.8. The third kappa shape index (κ3) is 6.62. The predicted molar refractivity (Wildman–Crippen MR) is 170 cm³/mol. The molecule has 3 aliphatic heterocycles. The van der Waals surface area contributed by atoms with Crippen LogP contribution in [0.2, 0.25) is 5.02 Å². The molecule has 0 spiro atoms. The van der Waals surface area contributed by atoms with E-state index in [1.54, 1.807) is 25.7 Å². The summed E-state index contributed by atoms with van der Waals surface area (Å²) in [4.78, 5) is 46.4. The van der Waals surface area contributed by atoms with Crippen LogP contribution in [-0.4, -0.2) is 102 Å². The maximum atomic E-state index is 14.0. The van der Waals surface area contributed by atoms with E-state index in [-0.39, 0.29) is 44.4 Å². The van der Waals surface area contributed by atoms with Crippen LogP contribution in [0.1, 0.15) is 43.2 Å². The van der Waals surface area contributed by atoms with Crippen LogP contribution in [0.15, 0.2) is 47.4 Å². The van der Waals surface area contributed by atoms with Crippen molar-refractivity contribution in [3.05, 3.63) is 64.6 Å². The van der Waals surface area contributed by atoms with Gasteiger partial charge in [0, 0.05) is 30.5 Å². The summed E-state index contributed by atoms with van der Waals surface area (Å²) in [7, 11) is -4.66. The zero-order chi connectivity index (χ0) is 35.6. The smallest absolute Gasteiger partial charge is 0.378 e. The summed E-state index contributed by atoms with van der Waals surface area (Å²) < 4.78 is 87.6. The number of carbonyl (C=O) groups excluding carboxylic acids is 3. The molecule has 3 fully saturated rings. The monoisotopic (exact) mass is 727 g/mol. The Labute approximate surface area is 284 Å². The maximum Gasteiger partial charge on any atom is 0.416 e. The van der Waals surface area contributed by atoms with Crippen molar-refractivity contribution in [3.63, 3.8) is 0 Å². The number of fused-ring (bicyclic) bond motifs is 3. The zero-order valence-corrected chi connectivity index (χ0v) is 28.3. The minimum Gasteiger partial charge on any atom is -0.378 e. The number of aromatic amines is 1. The lowest BCUT2D eigenvalue weighted by Crippen LogP contribution is -2.62. The highest BCUT2D eigenvalue weighted by Crippen LogP contribution is 2.37. The highest BCUT2D eigenvalue weighted by molar-refractivity contribution is 7.89. The summed E-state index contributed by atoms with van der Waals surface area (Å²) in [5.74, 6) is -1.96. The zero-order valence-electron chi connectivity index (χ0n) is 26.7. The summed E-state index contributed by atoms with van der Waals surface area (Å²) in [5.41, 5.74) is -1.21. The number of nitrogens with one attached hydrogen (secondary N) is 2. The summed E-state index contributed by atoms with van der Waals surface area (Å²) in [5, 5.41) is 2.90. The number of sulfonamides is 1. The van der Waals surface area contributed by atoms with Gasteiger partial charge >= 0.3 is 6.18 Å². The highest BCUT2D eigenvalue weighted by atomic mass is 35.5. The number of halogens is 5. The van der Waals surface area contributed by atoms with Gasteiger partial charge in [-0.3, -0.25) is 14.4 Å². The summed E-state index contributed by atoms with van der Waals surface area (Å²) in [6.45, 7) is 4.94. The van der Waals surface area contributed by atoms with Crippen molar-refractivity contribution < 1.29 is 45.1 Å². The number of aromatic nitrogens is 1. The number of carbonyl (C=O) groups is 3. The molecule has 2 aromatic carbocycles. The van der Waals surface area contributed by atoms with E-state index < -0.39 is 78.9 Å². The number of rotatable bonds is 6. The molecule has 6 rings (SSSR count). The van der Waals surface area contributed by atoms with Crippen molar-refractivity contribution >= 4 is 50.2 Å². The quantitative estimate of drug-likeness (QED) is 0.369. The number of benzene rings is 2. The number of hydrogen-bond acceptors (Lipinski definition) is 6. The molecule has 11 nitrogen and oxygen atoms in total. The van der Waals surface area contributed by atoms with Gasteiger partial charge < -0.3 is 24.8 Å². The molecule has 2 N–H and O–H groups in total.